The summed E-state index contributed by atoms with van der Waals surface area (Å²) < 4.78 is 37.2. The lowest BCUT2D eigenvalue weighted by molar-refractivity contribution is -0.142. The van der Waals surface area contributed by atoms with E-state index in [1.165, 1.54) is 7.11 Å². The summed E-state index contributed by atoms with van der Waals surface area (Å²) in [6.07, 6.45) is -1.65. The predicted molar refractivity (Wildman–Crippen MR) is 59.7 cm³/mol. The summed E-state index contributed by atoms with van der Waals surface area (Å²) in [4.78, 5) is 9.43. The van der Waals surface area contributed by atoms with Crippen LogP contribution in [0.3, 0.4) is 0 Å². The lowest BCUT2D eigenvalue weighted by Crippen LogP contribution is -2.53. The number of phosphoric ester groups is 1. The van der Waals surface area contributed by atoms with Gasteiger partial charge in [-0.15, -0.1) is 0 Å². The van der Waals surface area contributed by atoms with Gasteiger partial charge in [0.05, 0.1) is 13.2 Å². The average Bonchev–Trinajstić information content (AvgIpc) is 2.47. The molecule has 8 nitrogen and oxygen atoms in total. The van der Waals surface area contributed by atoms with Gasteiger partial charge in [-0.25, -0.2) is 4.57 Å². The van der Waals surface area contributed by atoms with Crippen molar-refractivity contribution in [3.05, 3.63) is 0 Å². The molecule has 2 bridgehead atoms. The first-order valence-electron chi connectivity index (χ1n) is 5.55. The second-order valence-electron chi connectivity index (χ2n) is 4.34. The van der Waals surface area contributed by atoms with E-state index in [2.05, 4.69) is 4.52 Å². The molecule has 0 radical (unpaired) electrons. The Bertz CT molecular complexity index is 350. The van der Waals surface area contributed by atoms with Crippen LogP contribution in [-0.4, -0.2) is 56.4 Å². The second-order valence-corrected chi connectivity index (χ2v) is 5.86. The molecule has 2 fully saturated rings. The summed E-state index contributed by atoms with van der Waals surface area (Å²) in [6, 6.07) is 0. The van der Waals surface area contributed by atoms with Gasteiger partial charge in [0.15, 0.2) is 0 Å². The number of hydrogen-bond donors (Lipinski definition) is 2. The maximum Gasteiger partial charge on any atom is 0.472 e. The summed E-state index contributed by atoms with van der Waals surface area (Å²) in [5.41, 5.74) is 4.92. The van der Waals surface area contributed by atoms with E-state index in [9.17, 15) is 9.46 Å². The Balaban J connectivity index is 2.22. The number of ether oxygens (including phenoxy) is 3. The zero-order valence-electron chi connectivity index (χ0n) is 10.3. The van der Waals surface area contributed by atoms with Crippen LogP contribution in [0, 0.1) is 0 Å². The van der Waals surface area contributed by atoms with Crippen LogP contribution < -0.4 is 5.73 Å². The van der Waals surface area contributed by atoms with E-state index < -0.39 is 31.9 Å². The van der Waals surface area contributed by atoms with Crippen molar-refractivity contribution in [1.29, 1.82) is 0 Å². The molecule has 0 saturated carbocycles. The summed E-state index contributed by atoms with van der Waals surface area (Å²) in [5.74, 6) is 0. The molecule has 5 atom stereocenters. The highest BCUT2D eigenvalue weighted by molar-refractivity contribution is 7.47. The Morgan fingerprint density at radius 2 is 2.28 bits per heavy atom. The van der Waals surface area contributed by atoms with Gasteiger partial charge < -0.3 is 24.8 Å². The van der Waals surface area contributed by atoms with Crippen molar-refractivity contribution in [2.24, 2.45) is 5.73 Å². The van der Waals surface area contributed by atoms with Gasteiger partial charge in [-0.3, -0.25) is 9.05 Å². The van der Waals surface area contributed by atoms with Crippen molar-refractivity contribution in [3.63, 3.8) is 0 Å². The first-order chi connectivity index (χ1) is 8.44. The highest BCUT2D eigenvalue weighted by atomic mass is 31.2. The van der Waals surface area contributed by atoms with Gasteiger partial charge in [0.25, 0.3) is 0 Å². The molecule has 2 rings (SSSR count). The van der Waals surface area contributed by atoms with Gasteiger partial charge in [0, 0.05) is 20.6 Å². The molecule has 0 aromatic heterocycles. The minimum absolute atomic E-state index is 0.203. The topological polar surface area (TPSA) is 109 Å². The first kappa shape index (κ1) is 14.4. The van der Waals surface area contributed by atoms with Crippen molar-refractivity contribution in [2.45, 2.75) is 30.5 Å². The SMILES string of the molecule is COC[C@@]12CCOC([C@H](N)O1)[C@H]2OP(=O)(O)OC. The number of rotatable bonds is 5. The van der Waals surface area contributed by atoms with Crippen molar-refractivity contribution in [1.82, 2.24) is 0 Å². The zero-order chi connectivity index (χ0) is 13.4. The monoisotopic (exact) mass is 283 g/mol. The highest BCUT2D eigenvalue weighted by Crippen LogP contribution is 2.51. The maximum absolute atomic E-state index is 11.5. The molecule has 0 amide bonds. The molecule has 2 aliphatic heterocycles. The van der Waals surface area contributed by atoms with Crippen molar-refractivity contribution in [2.75, 3.05) is 27.4 Å². The number of methoxy groups -OCH3 is 1. The molecule has 106 valence electrons. The van der Waals surface area contributed by atoms with Crippen LogP contribution in [0.1, 0.15) is 6.42 Å². The van der Waals surface area contributed by atoms with Crippen LogP contribution in [0.4, 0.5) is 0 Å². The van der Waals surface area contributed by atoms with Crippen molar-refractivity contribution < 1.29 is 32.7 Å². The molecule has 0 aromatic rings. The molecule has 2 unspecified atom stereocenters. The lowest BCUT2D eigenvalue weighted by atomic mass is 9.90. The Morgan fingerprint density at radius 1 is 1.56 bits per heavy atom. The number of fused-ring (bicyclic) bond motifs is 2. The Hall–Kier alpha value is -0.0500. The van der Waals surface area contributed by atoms with Crippen molar-refractivity contribution in [3.8, 4) is 0 Å². The fourth-order valence-electron chi connectivity index (χ4n) is 2.40. The minimum atomic E-state index is -4.14. The van der Waals surface area contributed by atoms with E-state index in [1.807, 2.05) is 0 Å². The van der Waals surface area contributed by atoms with Crippen LogP contribution >= 0.6 is 7.82 Å². The Labute approximate surface area is 105 Å². The highest BCUT2D eigenvalue weighted by Gasteiger charge is 2.60. The molecular weight excluding hydrogens is 265 g/mol. The third-order valence-electron chi connectivity index (χ3n) is 3.21. The molecule has 9 heteroatoms. The summed E-state index contributed by atoms with van der Waals surface area (Å²) in [5, 5.41) is 0. The van der Waals surface area contributed by atoms with E-state index in [-0.39, 0.29) is 6.61 Å². The smallest absolute Gasteiger partial charge is 0.382 e. The number of nitrogens with two attached hydrogens (primary N) is 1. The third kappa shape index (κ3) is 2.48. The maximum atomic E-state index is 11.5. The van der Waals surface area contributed by atoms with E-state index in [0.717, 1.165) is 7.11 Å². The van der Waals surface area contributed by atoms with Crippen LogP contribution in [0.2, 0.25) is 0 Å². The summed E-state index contributed by atoms with van der Waals surface area (Å²) in [7, 11) is -1.53. The predicted octanol–water partition coefficient (Wildman–Crippen LogP) is -0.392. The summed E-state index contributed by atoms with van der Waals surface area (Å²) >= 11 is 0. The van der Waals surface area contributed by atoms with Crippen LogP contribution in [-0.2, 0) is 27.8 Å². The van der Waals surface area contributed by atoms with Crippen molar-refractivity contribution >= 4 is 7.82 Å². The number of phosphoric acid groups is 1. The van der Waals surface area contributed by atoms with E-state index >= 15 is 0 Å². The molecule has 2 heterocycles. The normalized spacial score (nSPS) is 42.8. The third-order valence-corrected chi connectivity index (χ3v) is 4.17. The summed E-state index contributed by atoms with van der Waals surface area (Å²) in [6.45, 7) is 0.638. The Kier molecular flexibility index (Phi) is 4.10. The van der Waals surface area contributed by atoms with Gasteiger partial charge in [0.1, 0.15) is 24.0 Å². The first-order valence-corrected chi connectivity index (χ1v) is 7.04. The quantitative estimate of drug-likeness (QED) is 0.656. The molecule has 2 aliphatic rings. The van der Waals surface area contributed by atoms with Crippen LogP contribution in [0.15, 0.2) is 0 Å². The largest absolute Gasteiger partial charge is 0.472 e. The average molecular weight is 283 g/mol. The molecule has 18 heavy (non-hydrogen) atoms. The fourth-order valence-corrected chi connectivity index (χ4v) is 3.09. The van der Waals surface area contributed by atoms with E-state index in [0.29, 0.717) is 13.0 Å². The van der Waals surface area contributed by atoms with Crippen LogP contribution in [0.5, 0.6) is 0 Å². The Morgan fingerprint density at radius 3 is 2.89 bits per heavy atom. The molecule has 0 spiro atoms. The minimum Gasteiger partial charge on any atom is -0.382 e. The van der Waals surface area contributed by atoms with Gasteiger partial charge in [-0.05, 0) is 0 Å². The number of hydrogen-bond acceptors (Lipinski definition) is 7. The van der Waals surface area contributed by atoms with Gasteiger partial charge in [-0.1, -0.05) is 0 Å². The van der Waals surface area contributed by atoms with Crippen LogP contribution in [0.25, 0.3) is 0 Å². The molecular formula is C9H18NO7P. The molecule has 3 N–H and O–H groups in total. The van der Waals surface area contributed by atoms with Gasteiger partial charge in [-0.2, -0.15) is 0 Å². The van der Waals surface area contributed by atoms with E-state index in [1.54, 1.807) is 0 Å². The van der Waals surface area contributed by atoms with Gasteiger partial charge >= 0.3 is 7.82 Å². The standard InChI is InChI=1S/C9H18NO7P/c1-13-5-9-3-4-15-6(8(10)16-9)7(9)17-18(11,12)14-2/h6-8H,3-5,10H2,1-2H3,(H,11,12)/t6?,7-,8-,9-/m1/s1. The molecule has 0 aliphatic carbocycles. The van der Waals surface area contributed by atoms with E-state index in [4.69, 9.17) is 24.5 Å². The second kappa shape index (κ2) is 5.15. The molecule has 0 aromatic carbocycles. The molecule has 2 saturated heterocycles. The zero-order valence-corrected chi connectivity index (χ0v) is 11.2. The van der Waals surface area contributed by atoms with Gasteiger partial charge in [0.2, 0.25) is 0 Å². The lowest BCUT2D eigenvalue weighted by Gasteiger charge is -2.37. The fraction of sp³-hybridized carbons (Fsp3) is 1.00.